The normalized spacial score (nSPS) is 17.8. The molecule has 1 aromatic heterocycles. The van der Waals surface area contributed by atoms with Gasteiger partial charge in [-0.25, -0.2) is 4.68 Å². The second-order valence-electron chi connectivity index (χ2n) is 8.51. The molecular weight excluding hydrogens is 370 g/mol. The molecule has 1 unspecified atom stereocenters. The monoisotopic (exact) mass is 403 g/mol. The Balaban J connectivity index is 1.51. The van der Waals surface area contributed by atoms with Crippen LogP contribution in [0.1, 0.15) is 56.3 Å². The van der Waals surface area contributed by atoms with Gasteiger partial charge in [0.05, 0.1) is 17.1 Å². The van der Waals surface area contributed by atoms with E-state index in [0.29, 0.717) is 0 Å². The maximum atomic E-state index is 13.2. The van der Waals surface area contributed by atoms with Crippen LogP contribution < -0.4 is 5.56 Å². The summed E-state index contributed by atoms with van der Waals surface area (Å²) in [4.78, 5) is 15.8. The van der Waals surface area contributed by atoms with Gasteiger partial charge in [-0.05, 0) is 56.7 Å². The standard InChI is InChI=1S/C26H33N3O/c1-2-3-15-25-23-13-7-8-14-24(23)26(30)29(27-25)22-12-9-18-28(20-17-22)19-16-21-10-5-4-6-11-21/h4-8,10-11,13-14,22H,2-3,9,12,15-20H2,1H3. The van der Waals surface area contributed by atoms with Gasteiger partial charge in [-0.2, -0.15) is 5.10 Å². The molecule has 0 bridgehead atoms. The Morgan fingerprint density at radius 1 is 0.933 bits per heavy atom. The lowest BCUT2D eigenvalue weighted by Gasteiger charge is -2.21. The van der Waals surface area contributed by atoms with Crippen LogP contribution in [-0.4, -0.2) is 34.3 Å². The zero-order chi connectivity index (χ0) is 20.8. The van der Waals surface area contributed by atoms with Crippen molar-refractivity contribution in [3.8, 4) is 0 Å². The van der Waals surface area contributed by atoms with Gasteiger partial charge >= 0.3 is 0 Å². The first-order valence-electron chi connectivity index (χ1n) is 11.5. The Labute approximate surface area is 179 Å². The lowest BCUT2D eigenvalue weighted by molar-refractivity contribution is 0.281. The average Bonchev–Trinajstić information content (AvgIpc) is 3.04. The molecule has 158 valence electrons. The van der Waals surface area contributed by atoms with Crippen LogP contribution in [-0.2, 0) is 12.8 Å². The number of aryl methyl sites for hydroxylation is 1. The highest BCUT2D eigenvalue weighted by Crippen LogP contribution is 2.23. The Morgan fingerprint density at radius 2 is 1.70 bits per heavy atom. The molecule has 0 radical (unpaired) electrons. The minimum Gasteiger partial charge on any atom is -0.303 e. The number of benzene rings is 2. The predicted molar refractivity (Wildman–Crippen MR) is 124 cm³/mol. The van der Waals surface area contributed by atoms with Crippen LogP contribution in [0.25, 0.3) is 10.8 Å². The number of aromatic nitrogens is 2. The first-order chi connectivity index (χ1) is 14.8. The maximum Gasteiger partial charge on any atom is 0.274 e. The van der Waals surface area contributed by atoms with E-state index in [1.54, 1.807) is 0 Å². The highest BCUT2D eigenvalue weighted by atomic mass is 16.1. The fourth-order valence-electron chi connectivity index (χ4n) is 4.59. The Hall–Kier alpha value is -2.46. The molecule has 4 nitrogen and oxygen atoms in total. The minimum atomic E-state index is 0.0774. The van der Waals surface area contributed by atoms with Gasteiger partial charge in [0.1, 0.15) is 0 Å². The molecule has 0 aliphatic carbocycles. The number of nitrogens with zero attached hydrogens (tertiary/aromatic N) is 3. The van der Waals surface area contributed by atoms with E-state index in [1.807, 2.05) is 22.9 Å². The summed E-state index contributed by atoms with van der Waals surface area (Å²) in [5.41, 5.74) is 2.55. The summed E-state index contributed by atoms with van der Waals surface area (Å²) in [5.74, 6) is 0. The molecule has 1 aliphatic rings. The van der Waals surface area contributed by atoms with Crippen molar-refractivity contribution >= 4 is 10.8 Å². The molecule has 2 aromatic carbocycles. The second-order valence-corrected chi connectivity index (χ2v) is 8.51. The van der Waals surface area contributed by atoms with E-state index < -0.39 is 0 Å². The van der Waals surface area contributed by atoms with Crippen molar-refractivity contribution in [1.82, 2.24) is 14.7 Å². The van der Waals surface area contributed by atoms with E-state index in [2.05, 4.69) is 48.2 Å². The van der Waals surface area contributed by atoms with Gasteiger partial charge in [0.2, 0.25) is 0 Å². The van der Waals surface area contributed by atoms with E-state index >= 15 is 0 Å². The van der Waals surface area contributed by atoms with Crippen molar-refractivity contribution in [2.45, 2.75) is 57.9 Å². The van der Waals surface area contributed by atoms with Crippen LogP contribution in [0, 0.1) is 0 Å². The van der Waals surface area contributed by atoms with Crippen LogP contribution in [0.2, 0.25) is 0 Å². The summed E-state index contributed by atoms with van der Waals surface area (Å²) in [7, 11) is 0. The Bertz CT molecular complexity index is 1010. The summed E-state index contributed by atoms with van der Waals surface area (Å²) in [6.45, 7) is 5.42. The van der Waals surface area contributed by atoms with Gasteiger partial charge in [0.15, 0.2) is 0 Å². The van der Waals surface area contributed by atoms with Gasteiger partial charge in [-0.15, -0.1) is 0 Å². The molecule has 30 heavy (non-hydrogen) atoms. The van der Waals surface area contributed by atoms with E-state index in [0.717, 1.165) is 81.0 Å². The van der Waals surface area contributed by atoms with Gasteiger partial charge in [-0.3, -0.25) is 4.79 Å². The predicted octanol–water partition coefficient (Wildman–Crippen LogP) is 5.01. The van der Waals surface area contributed by atoms with Gasteiger partial charge < -0.3 is 4.90 Å². The molecule has 1 aliphatic heterocycles. The third-order valence-corrected chi connectivity index (χ3v) is 6.37. The lowest BCUT2D eigenvalue weighted by Crippen LogP contribution is -2.30. The minimum absolute atomic E-state index is 0.0774. The SMILES string of the molecule is CCCCc1nn(C2CCCN(CCc3ccccc3)CC2)c(=O)c2ccccc12. The fourth-order valence-corrected chi connectivity index (χ4v) is 4.59. The first-order valence-corrected chi connectivity index (χ1v) is 11.5. The molecule has 0 amide bonds. The van der Waals surface area contributed by atoms with Crippen molar-refractivity contribution in [2.24, 2.45) is 0 Å². The molecular formula is C26H33N3O. The molecule has 3 aromatic rings. The highest BCUT2D eigenvalue weighted by molar-refractivity contribution is 5.83. The first kappa shape index (κ1) is 20.8. The summed E-state index contributed by atoms with van der Waals surface area (Å²) in [5, 5.41) is 6.76. The van der Waals surface area contributed by atoms with E-state index in [1.165, 1.54) is 5.56 Å². The number of hydrogen-bond acceptors (Lipinski definition) is 3. The quantitative estimate of drug-likeness (QED) is 0.557. The summed E-state index contributed by atoms with van der Waals surface area (Å²) >= 11 is 0. The topological polar surface area (TPSA) is 38.1 Å². The Morgan fingerprint density at radius 3 is 2.50 bits per heavy atom. The third kappa shape index (κ3) is 4.81. The van der Waals surface area contributed by atoms with E-state index in [-0.39, 0.29) is 11.6 Å². The van der Waals surface area contributed by atoms with Crippen LogP contribution in [0.5, 0.6) is 0 Å². The lowest BCUT2D eigenvalue weighted by atomic mass is 10.1. The number of likely N-dealkylation sites (tertiary alicyclic amines) is 1. The second kappa shape index (κ2) is 10.0. The zero-order valence-corrected chi connectivity index (χ0v) is 18.1. The Kier molecular flexibility index (Phi) is 6.96. The van der Waals surface area contributed by atoms with Crippen LogP contribution in [0.15, 0.2) is 59.4 Å². The van der Waals surface area contributed by atoms with Crippen molar-refractivity contribution in [3.63, 3.8) is 0 Å². The smallest absolute Gasteiger partial charge is 0.274 e. The number of unbranched alkanes of at least 4 members (excludes halogenated alkanes) is 1. The number of fused-ring (bicyclic) bond motifs is 1. The van der Waals surface area contributed by atoms with E-state index in [4.69, 9.17) is 5.10 Å². The van der Waals surface area contributed by atoms with Crippen molar-refractivity contribution in [3.05, 3.63) is 76.2 Å². The zero-order valence-electron chi connectivity index (χ0n) is 18.1. The van der Waals surface area contributed by atoms with Gasteiger partial charge in [0.25, 0.3) is 5.56 Å². The van der Waals surface area contributed by atoms with E-state index in [9.17, 15) is 4.79 Å². The number of hydrogen-bond donors (Lipinski definition) is 0. The average molecular weight is 404 g/mol. The van der Waals surface area contributed by atoms with Crippen molar-refractivity contribution in [2.75, 3.05) is 19.6 Å². The molecule has 1 saturated heterocycles. The number of rotatable bonds is 7. The van der Waals surface area contributed by atoms with Crippen LogP contribution >= 0.6 is 0 Å². The molecule has 0 spiro atoms. The molecule has 4 heteroatoms. The van der Waals surface area contributed by atoms with Gasteiger partial charge in [-0.1, -0.05) is 61.9 Å². The van der Waals surface area contributed by atoms with Crippen molar-refractivity contribution in [1.29, 1.82) is 0 Å². The molecule has 4 rings (SSSR count). The largest absolute Gasteiger partial charge is 0.303 e. The van der Waals surface area contributed by atoms with Crippen molar-refractivity contribution < 1.29 is 0 Å². The fraction of sp³-hybridized carbons (Fsp3) is 0.462. The summed E-state index contributed by atoms with van der Waals surface area (Å²) in [6, 6.07) is 18.9. The molecule has 2 heterocycles. The van der Waals surface area contributed by atoms with Crippen LogP contribution in [0.4, 0.5) is 0 Å². The summed E-state index contributed by atoms with van der Waals surface area (Å²) in [6.07, 6.45) is 7.40. The van der Waals surface area contributed by atoms with Gasteiger partial charge in [0, 0.05) is 18.5 Å². The highest BCUT2D eigenvalue weighted by Gasteiger charge is 2.22. The summed E-state index contributed by atoms with van der Waals surface area (Å²) < 4.78 is 1.83. The maximum absolute atomic E-state index is 13.2. The van der Waals surface area contributed by atoms with Crippen LogP contribution in [0.3, 0.4) is 0 Å². The third-order valence-electron chi connectivity index (χ3n) is 6.37. The molecule has 1 atom stereocenters. The molecule has 1 fully saturated rings. The molecule has 0 N–H and O–H groups in total. The molecule has 0 saturated carbocycles.